The van der Waals surface area contributed by atoms with E-state index in [9.17, 15) is 19.1 Å². The molecule has 2 aromatic carbocycles. The Morgan fingerprint density at radius 3 is 2.74 bits per heavy atom. The van der Waals surface area contributed by atoms with E-state index in [-0.39, 0.29) is 30.7 Å². The fourth-order valence-electron chi connectivity index (χ4n) is 5.14. The normalized spacial score (nSPS) is 18.5. The number of amides is 1. The first-order chi connectivity index (χ1) is 20.2. The Kier molecular flexibility index (Phi) is 7.70. The van der Waals surface area contributed by atoms with Crippen molar-refractivity contribution in [2.45, 2.75) is 51.7 Å². The molecule has 0 radical (unpaired) electrons. The van der Waals surface area contributed by atoms with Crippen LogP contribution in [-0.2, 0) is 29.2 Å². The number of fused-ring (bicyclic) bond motifs is 1. The Morgan fingerprint density at radius 2 is 2.02 bits per heavy atom. The Bertz CT molecular complexity index is 1670. The van der Waals surface area contributed by atoms with Crippen LogP contribution in [0.2, 0.25) is 5.02 Å². The fraction of sp³-hybridized carbons (Fsp3) is 0.333. The number of imidazole rings is 1. The van der Waals surface area contributed by atoms with E-state index in [1.54, 1.807) is 47.4 Å². The molecule has 42 heavy (non-hydrogen) atoms. The number of cyclic esters (lactones) is 1. The van der Waals surface area contributed by atoms with Gasteiger partial charge in [0.25, 0.3) is 0 Å². The Morgan fingerprint density at radius 1 is 1.19 bits per heavy atom. The highest BCUT2D eigenvalue weighted by Crippen LogP contribution is 2.30. The van der Waals surface area contributed by atoms with Crippen LogP contribution >= 0.6 is 11.6 Å². The summed E-state index contributed by atoms with van der Waals surface area (Å²) in [5.41, 5.74) is 3.18. The number of aromatic carboxylic acids is 1. The van der Waals surface area contributed by atoms with Gasteiger partial charge >= 0.3 is 12.1 Å². The first-order valence-electron chi connectivity index (χ1n) is 13.6. The van der Waals surface area contributed by atoms with Gasteiger partial charge in [0.15, 0.2) is 0 Å². The molecule has 0 saturated carbocycles. The molecule has 1 amide bonds. The molecule has 2 aromatic heterocycles. The molecule has 1 N–H and O–H groups in total. The van der Waals surface area contributed by atoms with Crippen molar-refractivity contribution >= 4 is 34.7 Å². The average molecular weight is 595 g/mol. The number of carbonyl (C=O) groups is 2. The quantitative estimate of drug-likeness (QED) is 0.263. The Balaban J connectivity index is 1.16. The van der Waals surface area contributed by atoms with Crippen molar-refractivity contribution in [2.75, 3.05) is 13.2 Å². The molecule has 2 saturated heterocycles. The minimum Gasteiger partial charge on any atom is -0.478 e. The number of benzene rings is 2. The second kappa shape index (κ2) is 11.6. The van der Waals surface area contributed by atoms with Crippen LogP contribution in [0, 0.1) is 12.7 Å². The molecular weight excluding hydrogens is 567 g/mol. The van der Waals surface area contributed by atoms with Gasteiger partial charge in [-0.2, -0.15) is 0 Å². The van der Waals surface area contributed by atoms with Crippen LogP contribution in [0.15, 0.2) is 48.5 Å². The van der Waals surface area contributed by atoms with E-state index in [1.165, 1.54) is 6.07 Å². The summed E-state index contributed by atoms with van der Waals surface area (Å²) in [6, 6.07) is 12.7. The topological polar surface area (TPSA) is 116 Å². The SMILES string of the molecule is Cc1cc(C(=O)O)cc2c1nc(CN1CCC(c3cccc(OCc4ccc(Cl)cc4F)n3)OC1=O)n2CC1CCO1. The van der Waals surface area contributed by atoms with Crippen LogP contribution in [-0.4, -0.2) is 55.9 Å². The monoisotopic (exact) mass is 594 g/mol. The van der Waals surface area contributed by atoms with Gasteiger partial charge < -0.3 is 28.8 Å². The number of ether oxygens (including phenoxy) is 3. The van der Waals surface area contributed by atoms with Gasteiger partial charge in [0.2, 0.25) is 5.88 Å². The van der Waals surface area contributed by atoms with Crippen molar-refractivity contribution in [3.8, 4) is 5.88 Å². The molecule has 2 aliphatic heterocycles. The minimum absolute atomic E-state index is 0.00406. The molecule has 0 spiro atoms. The maximum Gasteiger partial charge on any atom is 0.410 e. The van der Waals surface area contributed by atoms with E-state index in [0.717, 1.165) is 12.0 Å². The van der Waals surface area contributed by atoms with Gasteiger partial charge in [-0.1, -0.05) is 23.7 Å². The number of halogens is 2. The number of carbonyl (C=O) groups excluding carboxylic acids is 1. The Labute approximate surface area is 245 Å². The summed E-state index contributed by atoms with van der Waals surface area (Å²) < 4.78 is 33.2. The number of carboxylic acid groups (broad SMARTS) is 1. The smallest absolute Gasteiger partial charge is 0.410 e. The molecule has 2 aliphatic rings. The fourth-order valence-corrected chi connectivity index (χ4v) is 5.30. The molecule has 218 valence electrons. The Hall–Kier alpha value is -4.22. The average Bonchev–Trinajstić information content (AvgIpc) is 3.28. The lowest BCUT2D eigenvalue weighted by molar-refractivity contribution is -0.0592. The molecule has 10 nitrogen and oxygen atoms in total. The van der Waals surface area contributed by atoms with Crippen molar-refractivity contribution in [3.05, 3.63) is 87.6 Å². The van der Waals surface area contributed by atoms with Crippen molar-refractivity contribution < 1.29 is 33.3 Å². The highest BCUT2D eigenvalue weighted by molar-refractivity contribution is 6.30. The van der Waals surface area contributed by atoms with Gasteiger partial charge in [0.05, 0.1) is 41.5 Å². The van der Waals surface area contributed by atoms with E-state index in [0.29, 0.717) is 59.3 Å². The van der Waals surface area contributed by atoms with Gasteiger partial charge in [0, 0.05) is 36.2 Å². The first-order valence-corrected chi connectivity index (χ1v) is 14.0. The number of hydrogen-bond acceptors (Lipinski definition) is 7. The molecule has 0 aliphatic carbocycles. The molecule has 12 heteroatoms. The zero-order chi connectivity index (χ0) is 29.4. The summed E-state index contributed by atoms with van der Waals surface area (Å²) in [4.78, 5) is 35.7. The third-order valence-corrected chi connectivity index (χ3v) is 7.75. The first kappa shape index (κ1) is 27.9. The summed E-state index contributed by atoms with van der Waals surface area (Å²) >= 11 is 5.82. The van der Waals surface area contributed by atoms with E-state index >= 15 is 0 Å². The largest absolute Gasteiger partial charge is 0.478 e. The van der Waals surface area contributed by atoms with Crippen LogP contribution in [0.5, 0.6) is 5.88 Å². The lowest BCUT2D eigenvalue weighted by Gasteiger charge is -2.32. The van der Waals surface area contributed by atoms with Gasteiger partial charge in [-0.25, -0.2) is 23.9 Å². The summed E-state index contributed by atoms with van der Waals surface area (Å²) in [6.45, 7) is 3.58. The van der Waals surface area contributed by atoms with Crippen molar-refractivity contribution in [1.29, 1.82) is 0 Å². The van der Waals surface area contributed by atoms with E-state index < -0.39 is 24.0 Å². The zero-order valence-corrected chi connectivity index (χ0v) is 23.5. The maximum absolute atomic E-state index is 14.1. The van der Waals surface area contributed by atoms with Crippen LogP contribution in [0.3, 0.4) is 0 Å². The van der Waals surface area contributed by atoms with Crippen LogP contribution in [0.4, 0.5) is 9.18 Å². The van der Waals surface area contributed by atoms with E-state index in [2.05, 4.69) is 4.98 Å². The summed E-state index contributed by atoms with van der Waals surface area (Å²) in [7, 11) is 0. The van der Waals surface area contributed by atoms with Crippen LogP contribution < -0.4 is 4.74 Å². The summed E-state index contributed by atoms with van der Waals surface area (Å²) in [6.07, 6.45) is 0.303. The number of aromatic nitrogens is 3. The molecule has 2 unspecified atom stereocenters. The van der Waals surface area contributed by atoms with Gasteiger partial charge in [0.1, 0.15) is 24.4 Å². The second-order valence-corrected chi connectivity index (χ2v) is 10.8. The van der Waals surface area contributed by atoms with E-state index in [4.69, 9.17) is 30.8 Å². The van der Waals surface area contributed by atoms with Gasteiger partial charge in [-0.05, 0) is 49.2 Å². The van der Waals surface area contributed by atoms with Crippen molar-refractivity contribution in [1.82, 2.24) is 19.4 Å². The second-order valence-electron chi connectivity index (χ2n) is 10.4. The maximum atomic E-state index is 14.1. The minimum atomic E-state index is -1.01. The molecule has 4 heterocycles. The number of rotatable bonds is 9. The van der Waals surface area contributed by atoms with E-state index in [1.807, 2.05) is 11.5 Å². The predicted octanol–water partition coefficient (Wildman–Crippen LogP) is 5.68. The molecule has 2 atom stereocenters. The van der Waals surface area contributed by atoms with Crippen molar-refractivity contribution in [2.24, 2.45) is 0 Å². The number of hydrogen-bond donors (Lipinski definition) is 1. The molecule has 6 rings (SSSR count). The van der Waals surface area contributed by atoms with Crippen LogP contribution in [0.25, 0.3) is 11.0 Å². The van der Waals surface area contributed by atoms with Crippen molar-refractivity contribution in [3.63, 3.8) is 0 Å². The molecule has 2 fully saturated rings. The summed E-state index contributed by atoms with van der Waals surface area (Å²) in [5, 5.41) is 9.89. The lowest BCUT2D eigenvalue weighted by Crippen LogP contribution is -2.40. The summed E-state index contributed by atoms with van der Waals surface area (Å²) in [5.74, 6) is -0.570. The standard InChI is InChI=1S/C30H28ClFN4O6/c1-17-11-19(29(37)38)12-24-28(17)34-26(36(24)14-21-8-10-40-21)15-35-9-7-25(42-30(35)39)23-3-2-4-27(33-23)41-16-18-5-6-20(31)13-22(18)32/h2-6,11-13,21,25H,7-10,14-16H2,1H3,(H,37,38). The van der Waals surface area contributed by atoms with Gasteiger partial charge in [-0.3, -0.25) is 0 Å². The van der Waals surface area contributed by atoms with Crippen LogP contribution in [0.1, 0.15) is 51.9 Å². The lowest BCUT2D eigenvalue weighted by atomic mass is 10.1. The third kappa shape index (κ3) is 5.75. The zero-order valence-electron chi connectivity index (χ0n) is 22.8. The predicted molar refractivity (Wildman–Crippen MR) is 150 cm³/mol. The highest BCUT2D eigenvalue weighted by atomic mass is 35.5. The number of aryl methyl sites for hydroxylation is 1. The molecule has 0 bridgehead atoms. The molecular formula is C30H28ClFN4O6. The number of pyridine rings is 1. The highest BCUT2D eigenvalue weighted by Gasteiger charge is 2.31. The van der Waals surface area contributed by atoms with Gasteiger partial charge in [-0.15, -0.1) is 0 Å². The number of nitrogens with zero attached hydrogens (tertiary/aromatic N) is 4. The number of carboxylic acids is 1. The third-order valence-electron chi connectivity index (χ3n) is 7.51. The molecule has 4 aromatic rings.